The van der Waals surface area contributed by atoms with Crippen LogP contribution >= 0.6 is 0 Å². The lowest BCUT2D eigenvalue weighted by molar-refractivity contribution is 0.274. The van der Waals surface area contributed by atoms with Gasteiger partial charge in [0.2, 0.25) is 0 Å². The van der Waals surface area contributed by atoms with Crippen molar-refractivity contribution >= 4 is 0 Å². The molecule has 6 nitrogen and oxygen atoms in total. The Balaban J connectivity index is 1.99. The van der Waals surface area contributed by atoms with Crippen molar-refractivity contribution in [1.82, 2.24) is 20.5 Å². The molecule has 0 radical (unpaired) electrons. The minimum atomic E-state index is -0.302. The van der Waals surface area contributed by atoms with Gasteiger partial charge in [0.1, 0.15) is 5.82 Å². The number of hydrogen-bond acceptors (Lipinski definition) is 4. The summed E-state index contributed by atoms with van der Waals surface area (Å²) in [5.74, 6) is 0.579. The summed E-state index contributed by atoms with van der Waals surface area (Å²) in [7, 11) is 0. The highest BCUT2D eigenvalue weighted by Crippen LogP contribution is 2.18. The molecule has 0 aliphatic carbocycles. The predicted octanol–water partition coefficient (Wildman–Crippen LogP) is 0.701. The normalized spacial score (nSPS) is 12.5. The molecule has 0 spiro atoms. The first-order chi connectivity index (χ1) is 9.29. The minimum Gasteiger partial charge on any atom is -0.396 e. The van der Waals surface area contributed by atoms with Crippen molar-refractivity contribution in [3.05, 3.63) is 52.2 Å². The van der Waals surface area contributed by atoms with Gasteiger partial charge in [0, 0.05) is 12.6 Å². The summed E-state index contributed by atoms with van der Waals surface area (Å²) in [4.78, 5) is 13.5. The van der Waals surface area contributed by atoms with E-state index in [1.165, 1.54) is 0 Å². The molecule has 4 N–H and O–H groups in total. The first-order valence-corrected chi connectivity index (χ1v) is 6.32. The summed E-state index contributed by atoms with van der Waals surface area (Å²) in [5.41, 5.74) is 0.859. The van der Waals surface area contributed by atoms with Crippen LogP contribution < -0.4 is 11.0 Å². The number of benzene rings is 1. The summed E-state index contributed by atoms with van der Waals surface area (Å²) >= 11 is 0. The largest absolute Gasteiger partial charge is 0.396 e. The highest BCUT2D eigenvalue weighted by Gasteiger charge is 2.11. The topological polar surface area (TPSA) is 93.8 Å². The average molecular weight is 262 g/mol. The van der Waals surface area contributed by atoms with E-state index < -0.39 is 0 Å². The Morgan fingerprint density at radius 1 is 1.32 bits per heavy atom. The number of aliphatic hydroxyl groups excluding tert-OH is 1. The second kappa shape index (κ2) is 6.86. The van der Waals surface area contributed by atoms with Crippen LogP contribution in [0.25, 0.3) is 0 Å². The van der Waals surface area contributed by atoms with Crippen LogP contribution in [0.15, 0.2) is 35.1 Å². The molecule has 0 aliphatic heterocycles. The summed E-state index contributed by atoms with van der Waals surface area (Å²) in [6.45, 7) is 0.647. The molecule has 0 fully saturated rings. The van der Waals surface area contributed by atoms with Crippen LogP contribution in [0.2, 0.25) is 0 Å². The molecule has 2 aromatic rings. The Labute approximate surface area is 110 Å². The molecule has 0 saturated heterocycles. The van der Waals surface area contributed by atoms with E-state index in [2.05, 4.69) is 20.5 Å². The van der Waals surface area contributed by atoms with Crippen LogP contribution in [0.5, 0.6) is 0 Å². The summed E-state index contributed by atoms with van der Waals surface area (Å²) in [5, 5.41) is 18.5. The van der Waals surface area contributed by atoms with E-state index in [4.69, 9.17) is 5.11 Å². The summed E-state index contributed by atoms with van der Waals surface area (Å²) in [6, 6.07) is 10.2. The fraction of sp³-hybridized carbons (Fsp3) is 0.385. The van der Waals surface area contributed by atoms with Gasteiger partial charge in [-0.3, -0.25) is 4.98 Å². The number of rotatable bonds is 7. The van der Waals surface area contributed by atoms with Gasteiger partial charge < -0.3 is 10.4 Å². The molecule has 0 amide bonds. The third-order valence-corrected chi connectivity index (χ3v) is 2.92. The Bertz CT molecular complexity index is 535. The Hall–Kier alpha value is -1.92. The number of aromatic amines is 2. The van der Waals surface area contributed by atoms with Gasteiger partial charge in [-0.25, -0.2) is 9.89 Å². The van der Waals surface area contributed by atoms with E-state index in [0.717, 1.165) is 18.4 Å². The van der Waals surface area contributed by atoms with E-state index in [1.54, 1.807) is 0 Å². The third kappa shape index (κ3) is 4.04. The molecule has 1 atom stereocenters. The molecule has 102 valence electrons. The molecule has 6 heteroatoms. The van der Waals surface area contributed by atoms with E-state index >= 15 is 0 Å². The Morgan fingerprint density at radius 3 is 2.74 bits per heavy atom. The lowest BCUT2D eigenvalue weighted by Crippen LogP contribution is -2.22. The number of aromatic nitrogens is 3. The van der Waals surface area contributed by atoms with Gasteiger partial charge in [0.25, 0.3) is 0 Å². The van der Waals surface area contributed by atoms with E-state index in [0.29, 0.717) is 12.4 Å². The van der Waals surface area contributed by atoms with Crippen LogP contribution in [0.1, 0.15) is 30.3 Å². The lowest BCUT2D eigenvalue weighted by atomic mass is 10.0. The Morgan fingerprint density at radius 2 is 2.11 bits per heavy atom. The maximum absolute atomic E-state index is 10.9. The van der Waals surface area contributed by atoms with Crippen molar-refractivity contribution in [1.29, 1.82) is 0 Å². The molecule has 0 bridgehead atoms. The maximum atomic E-state index is 10.9. The molecule has 1 aromatic heterocycles. The fourth-order valence-electron chi connectivity index (χ4n) is 1.98. The molecule has 19 heavy (non-hydrogen) atoms. The highest BCUT2D eigenvalue weighted by molar-refractivity contribution is 5.18. The van der Waals surface area contributed by atoms with E-state index in [9.17, 15) is 4.79 Å². The van der Waals surface area contributed by atoms with Crippen LogP contribution in [0.3, 0.4) is 0 Å². The van der Waals surface area contributed by atoms with Gasteiger partial charge in [-0.1, -0.05) is 30.3 Å². The van der Waals surface area contributed by atoms with Crippen LogP contribution in [0, 0.1) is 0 Å². The number of nitrogens with one attached hydrogen (secondary N) is 3. The number of nitrogens with zero attached hydrogens (tertiary/aromatic N) is 1. The molecular weight excluding hydrogens is 244 g/mol. The van der Waals surface area contributed by atoms with Crippen molar-refractivity contribution in [2.45, 2.75) is 25.4 Å². The van der Waals surface area contributed by atoms with E-state index in [1.807, 2.05) is 30.3 Å². The third-order valence-electron chi connectivity index (χ3n) is 2.92. The summed E-state index contributed by atoms with van der Waals surface area (Å²) in [6.07, 6.45) is 1.55. The Kier molecular flexibility index (Phi) is 4.88. The highest BCUT2D eigenvalue weighted by atomic mass is 16.2. The second-order valence-electron chi connectivity index (χ2n) is 4.33. The first-order valence-electron chi connectivity index (χ1n) is 6.32. The van der Waals surface area contributed by atoms with Crippen LogP contribution in [0.4, 0.5) is 0 Å². The fourth-order valence-corrected chi connectivity index (χ4v) is 1.98. The van der Waals surface area contributed by atoms with Crippen molar-refractivity contribution in [3.8, 4) is 0 Å². The molecule has 0 aliphatic rings. The van der Waals surface area contributed by atoms with E-state index in [-0.39, 0.29) is 18.3 Å². The number of aliphatic hydroxyl groups is 1. The van der Waals surface area contributed by atoms with Crippen molar-refractivity contribution in [3.63, 3.8) is 0 Å². The van der Waals surface area contributed by atoms with Crippen molar-refractivity contribution < 1.29 is 5.11 Å². The number of H-pyrrole nitrogens is 2. The predicted molar refractivity (Wildman–Crippen MR) is 71.6 cm³/mol. The molecular formula is C13H18N4O2. The maximum Gasteiger partial charge on any atom is 0.340 e. The zero-order valence-electron chi connectivity index (χ0n) is 10.6. The quantitative estimate of drug-likeness (QED) is 0.591. The van der Waals surface area contributed by atoms with Gasteiger partial charge in [-0.15, -0.1) is 0 Å². The van der Waals surface area contributed by atoms with Crippen LogP contribution in [-0.2, 0) is 6.54 Å². The SMILES string of the molecule is O=c1[nH]nc(CNC(CCCO)c2ccccc2)[nH]1. The van der Waals surface area contributed by atoms with Gasteiger partial charge in [-0.2, -0.15) is 5.10 Å². The van der Waals surface area contributed by atoms with Gasteiger partial charge >= 0.3 is 5.69 Å². The smallest absolute Gasteiger partial charge is 0.340 e. The van der Waals surface area contributed by atoms with Gasteiger partial charge in [0.15, 0.2) is 0 Å². The first kappa shape index (κ1) is 13.5. The van der Waals surface area contributed by atoms with Gasteiger partial charge in [-0.05, 0) is 18.4 Å². The monoisotopic (exact) mass is 262 g/mol. The molecule has 1 unspecified atom stereocenters. The zero-order valence-corrected chi connectivity index (χ0v) is 10.6. The lowest BCUT2D eigenvalue weighted by Gasteiger charge is -2.18. The summed E-state index contributed by atoms with van der Waals surface area (Å²) < 4.78 is 0. The van der Waals surface area contributed by atoms with Crippen molar-refractivity contribution in [2.24, 2.45) is 0 Å². The average Bonchev–Trinajstić information content (AvgIpc) is 2.86. The van der Waals surface area contributed by atoms with Gasteiger partial charge in [0.05, 0.1) is 6.54 Å². The molecule has 0 saturated carbocycles. The second-order valence-corrected chi connectivity index (χ2v) is 4.33. The number of hydrogen-bond donors (Lipinski definition) is 4. The van der Waals surface area contributed by atoms with Crippen molar-refractivity contribution in [2.75, 3.05) is 6.61 Å². The standard InChI is InChI=1S/C13H18N4O2/c18-8-4-7-11(10-5-2-1-3-6-10)14-9-12-15-13(19)17-16-12/h1-3,5-6,11,14,18H,4,7-9H2,(H2,15,16,17,19). The molecule has 2 rings (SSSR count). The van der Waals surface area contributed by atoms with Crippen LogP contribution in [-0.4, -0.2) is 26.9 Å². The molecule has 1 heterocycles. The zero-order chi connectivity index (χ0) is 13.5. The minimum absolute atomic E-state index is 0.133. The molecule has 1 aromatic carbocycles.